The Bertz CT molecular complexity index is 308. The summed E-state index contributed by atoms with van der Waals surface area (Å²) in [7, 11) is 0. The zero-order valence-electron chi connectivity index (χ0n) is 9.93. The van der Waals surface area contributed by atoms with Crippen LogP contribution in [0.3, 0.4) is 0 Å². The highest BCUT2D eigenvalue weighted by atomic mass is 16.8. The van der Waals surface area contributed by atoms with Gasteiger partial charge in [-0.25, -0.2) is 0 Å². The first-order chi connectivity index (χ1) is 7.48. The smallest absolute Gasteiger partial charge is 0.302 e. The molecule has 2 rings (SSSR count). The molecule has 1 aliphatic heterocycles. The molecule has 0 unspecified atom stereocenters. The predicted octanol–water partition coefficient (Wildman–Crippen LogP) is 1.65. The van der Waals surface area contributed by atoms with Crippen molar-refractivity contribution in [2.45, 2.75) is 45.2 Å². The molecule has 0 amide bonds. The van der Waals surface area contributed by atoms with Gasteiger partial charge in [-0.15, -0.1) is 0 Å². The quantitative estimate of drug-likeness (QED) is 0.542. The summed E-state index contributed by atoms with van der Waals surface area (Å²) in [5.41, 5.74) is 0. The number of esters is 1. The van der Waals surface area contributed by atoms with E-state index in [1.807, 2.05) is 19.9 Å². The number of fused-ring (bicyclic) bond motifs is 1. The molecule has 1 aliphatic carbocycles. The fourth-order valence-corrected chi connectivity index (χ4v) is 2.26. The van der Waals surface area contributed by atoms with Crippen molar-refractivity contribution in [1.29, 1.82) is 0 Å². The molecule has 0 N–H and O–H groups in total. The number of hydrogen-bond acceptors (Lipinski definition) is 4. The molecule has 0 saturated carbocycles. The van der Waals surface area contributed by atoms with Crippen molar-refractivity contribution in [3.05, 3.63) is 12.2 Å². The maximum atomic E-state index is 10.7. The van der Waals surface area contributed by atoms with Crippen molar-refractivity contribution in [3.8, 4) is 0 Å². The number of rotatable bonds is 3. The minimum atomic E-state index is -0.500. The molecule has 4 heteroatoms. The van der Waals surface area contributed by atoms with Crippen LogP contribution in [0, 0.1) is 5.92 Å². The molecule has 3 atom stereocenters. The molecule has 4 nitrogen and oxygen atoms in total. The van der Waals surface area contributed by atoms with E-state index in [9.17, 15) is 4.79 Å². The van der Waals surface area contributed by atoms with Crippen molar-refractivity contribution in [1.82, 2.24) is 0 Å². The fourth-order valence-electron chi connectivity index (χ4n) is 2.26. The van der Waals surface area contributed by atoms with E-state index >= 15 is 0 Å². The monoisotopic (exact) mass is 226 g/mol. The molecule has 2 aliphatic rings. The SMILES string of the molecule is CC(=O)OCC[C@@H]1C=C[C@H]2OC(C)(C)O[C@@H]12. The molecule has 0 aromatic heterocycles. The second-order valence-corrected chi connectivity index (χ2v) is 4.74. The van der Waals surface area contributed by atoms with E-state index in [1.165, 1.54) is 6.92 Å². The van der Waals surface area contributed by atoms with Crippen LogP contribution in [0.15, 0.2) is 12.2 Å². The standard InChI is InChI=1S/C12H18O4/c1-8(13)14-7-6-9-4-5-10-11(9)16-12(2,3)15-10/h4-5,9-11H,6-7H2,1-3H3/t9-,10+,11-/m0/s1. The zero-order valence-corrected chi connectivity index (χ0v) is 9.93. The second-order valence-electron chi connectivity index (χ2n) is 4.74. The molecule has 1 heterocycles. The van der Waals surface area contributed by atoms with Gasteiger partial charge in [0, 0.05) is 12.8 Å². The molecule has 0 aromatic rings. The van der Waals surface area contributed by atoms with Crippen LogP contribution < -0.4 is 0 Å². The van der Waals surface area contributed by atoms with Gasteiger partial charge in [-0.1, -0.05) is 12.2 Å². The lowest BCUT2D eigenvalue weighted by Gasteiger charge is -2.20. The highest BCUT2D eigenvalue weighted by Crippen LogP contribution is 2.38. The van der Waals surface area contributed by atoms with Gasteiger partial charge < -0.3 is 14.2 Å². The summed E-state index contributed by atoms with van der Waals surface area (Å²) in [6, 6.07) is 0. The Kier molecular flexibility index (Phi) is 3.04. The first kappa shape index (κ1) is 11.6. The normalized spacial score (nSPS) is 35.1. The number of carbonyl (C=O) groups excluding carboxylic acids is 1. The van der Waals surface area contributed by atoms with Crippen molar-refractivity contribution in [2.75, 3.05) is 6.61 Å². The highest BCUT2D eigenvalue weighted by molar-refractivity contribution is 5.65. The number of hydrogen-bond donors (Lipinski definition) is 0. The lowest BCUT2D eigenvalue weighted by molar-refractivity contribution is -0.150. The first-order valence-corrected chi connectivity index (χ1v) is 5.65. The molecule has 0 spiro atoms. The first-order valence-electron chi connectivity index (χ1n) is 5.65. The second kappa shape index (κ2) is 4.18. The van der Waals surface area contributed by atoms with Gasteiger partial charge in [0.25, 0.3) is 0 Å². The van der Waals surface area contributed by atoms with E-state index in [-0.39, 0.29) is 24.1 Å². The van der Waals surface area contributed by atoms with Gasteiger partial charge in [-0.05, 0) is 20.3 Å². The topological polar surface area (TPSA) is 44.8 Å². The Labute approximate surface area is 95.6 Å². The van der Waals surface area contributed by atoms with Crippen LogP contribution in [-0.2, 0) is 19.0 Å². The minimum Gasteiger partial charge on any atom is -0.466 e. The molecule has 1 fully saturated rings. The molecule has 16 heavy (non-hydrogen) atoms. The van der Waals surface area contributed by atoms with Gasteiger partial charge in [0.2, 0.25) is 0 Å². The summed E-state index contributed by atoms with van der Waals surface area (Å²) in [4.78, 5) is 10.7. The fraction of sp³-hybridized carbons (Fsp3) is 0.750. The summed E-state index contributed by atoms with van der Waals surface area (Å²) in [6.45, 7) is 5.70. The van der Waals surface area contributed by atoms with Crippen LogP contribution in [0.2, 0.25) is 0 Å². The minimum absolute atomic E-state index is 0.0531. The third-order valence-electron chi connectivity index (χ3n) is 2.89. The van der Waals surface area contributed by atoms with Crippen LogP contribution in [0.4, 0.5) is 0 Å². The van der Waals surface area contributed by atoms with E-state index in [2.05, 4.69) is 6.08 Å². The van der Waals surface area contributed by atoms with E-state index in [0.29, 0.717) is 6.61 Å². The average Bonchev–Trinajstić information content (AvgIpc) is 2.62. The Morgan fingerprint density at radius 3 is 2.81 bits per heavy atom. The van der Waals surface area contributed by atoms with Gasteiger partial charge in [0.15, 0.2) is 5.79 Å². The molecule has 90 valence electrons. The van der Waals surface area contributed by atoms with Crippen LogP contribution in [-0.4, -0.2) is 30.6 Å². The molecular formula is C12H18O4. The van der Waals surface area contributed by atoms with Gasteiger partial charge in [-0.2, -0.15) is 0 Å². The van der Waals surface area contributed by atoms with E-state index in [1.54, 1.807) is 0 Å². The molecule has 0 radical (unpaired) electrons. The van der Waals surface area contributed by atoms with E-state index in [0.717, 1.165) is 6.42 Å². The van der Waals surface area contributed by atoms with Crippen LogP contribution in [0.25, 0.3) is 0 Å². The number of carbonyl (C=O) groups is 1. The highest BCUT2D eigenvalue weighted by Gasteiger charge is 2.45. The van der Waals surface area contributed by atoms with Crippen molar-refractivity contribution < 1.29 is 19.0 Å². The molecule has 0 aromatic carbocycles. The summed E-state index contributed by atoms with van der Waals surface area (Å²) >= 11 is 0. The maximum absolute atomic E-state index is 10.7. The van der Waals surface area contributed by atoms with Gasteiger partial charge in [0.05, 0.1) is 12.7 Å². The van der Waals surface area contributed by atoms with E-state index in [4.69, 9.17) is 14.2 Å². The lowest BCUT2D eigenvalue weighted by Crippen LogP contribution is -2.26. The summed E-state index contributed by atoms with van der Waals surface area (Å²) in [5.74, 6) is -0.451. The summed E-state index contributed by atoms with van der Waals surface area (Å²) < 4.78 is 16.5. The van der Waals surface area contributed by atoms with Crippen LogP contribution in [0.1, 0.15) is 27.2 Å². The molecule has 0 bridgehead atoms. The van der Waals surface area contributed by atoms with E-state index < -0.39 is 5.79 Å². The Balaban J connectivity index is 1.85. The maximum Gasteiger partial charge on any atom is 0.302 e. The zero-order chi connectivity index (χ0) is 11.8. The average molecular weight is 226 g/mol. The summed E-state index contributed by atoms with van der Waals surface area (Å²) in [6.07, 6.45) is 5.05. The third-order valence-corrected chi connectivity index (χ3v) is 2.89. The lowest BCUT2D eigenvalue weighted by atomic mass is 10.0. The Hall–Kier alpha value is -0.870. The van der Waals surface area contributed by atoms with Gasteiger partial charge >= 0.3 is 5.97 Å². The predicted molar refractivity (Wildman–Crippen MR) is 57.7 cm³/mol. The number of ether oxygens (including phenoxy) is 3. The summed E-state index contributed by atoms with van der Waals surface area (Å²) in [5, 5.41) is 0. The van der Waals surface area contributed by atoms with Crippen molar-refractivity contribution in [2.24, 2.45) is 5.92 Å². The largest absolute Gasteiger partial charge is 0.466 e. The van der Waals surface area contributed by atoms with Crippen LogP contribution >= 0.6 is 0 Å². The molecule has 1 saturated heterocycles. The van der Waals surface area contributed by atoms with Gasteiger partial charge in [0.1, 0.15) is 6.10 Å². The van der Waals surface area contributed by atoms with Gasteiger partial charge in [-0.3, -0.25) is 4.79 Å². The Morgan fingerprint density at radius 1 is 1.38 bits per heavy atom. The third kappa shape index (κ3) is 2.44. The van der Waals surface area contributed by atoms with Crippen molar-refractivity contribution in [3.63, 3.8) is 0 Å². The van der Waals surface area contributed by atoms with Crippen LogP contribution in [0.5, 0.6) is 0 Å². The molecular weight excluding hydrogens is 208 g/mol. The Morgan fingerprint density at radius 2 is 2.12 bits per heavy atom. The van der Waals surface area contributed by atoms with Crippen molar-refractivity contribution >= 4 is 5.97 Å².